The molecule has 2 N–H and O–H groups in total. The summed E-state index contributed by atoms with van der Waals surface area (Å²) in [6.45, 7) is 0.730. The van der Waals surface area contributed by atoms with E-state index in [1.54, 1.807) is 7.11 Å². The van der Waals surface area contributed by atoms with Crippen LogP contribution in [-0.2, 0) is 6.54 Å². The van der Waals surface area contributed by atoms with Gasteiger partial charge in [-0.3, -0.25) is 0 Å². The predicted molar refractivity (Wildman–Crippen MR) is 71.5 cm³/mol. The topological polar surface area (TPSA) is 64.3 Å². The molecule has 0 atom stereocenters. The summed E-state index contributed by atoms with van der Waals surface area (Å²) in [5.41, 5.74) is 6.95. The Hall–Kier alpha value is -2.30. The highest BCUT2D eigenvalue weighted by Gasteiger charge is 2.13. The van der Waals surface area contributed by atoms with Crippen LogP contribution in [-0.4, -0.2) is 24.1 Å². The van der Waals surface area contributed by atoms with Crippen LogP contribution in [0.3, 0.4) is 0 Å². The standard InChI is InChI=1S/C13H16N4O/c1-17(8-10-6-4-3-5-7-10)13-11(18-2)12(14)15-9-16-13/h3-7,9H,8H2,1-2H3,(H2,14,15,16). The number of hydrogen-bond acceptors (Lipinski definition) is 5. The second kappa shape index (κ2) is 5.35. The molecular weight excluding hydrogens is 228 g/mol. The fraction of sp³-hybridized carbons (Fsp3) is 0.231. The molecule has 2 rings (SSSR count). The minimum absolute atomic E-state index is 0.349. The summed E-state index contributed by atoms with van der Waals surface area (Å²) in [5, 5.41) is 0. The van der Waals surface area contributed by atoms with Gasteiger partial charge in [0.15, 0.2) is 11.6 Å². The first-order chi connectivity index (χ1) is 8.72. The van der Waals surface area contributed by atoms with Gasteiger partial charge in [-0.05, 0) is 5.56 Å². The van der Waals surface area contributed by atoms with Gasteiger partial charge in [-0.25, -0.2) is 9.97 Å². The Labute approximate surface area is 106 Å². The molecule has 1 aromatic heterocycles. The largest absolute Gasteiger partial charge is 0.490 e. The quantitative estimate of drug-likeness (QED) is 0.886. The van der Waals surface area contributed by atoms with E-state index in [9.17, 15) is 0 Å². The normalized spacial score (nSPS) is 10.1. The lowest BCUT2D eigenvalue weighted by Crippen LogP contribution is -2.19. The molecule has 1 aromatic carbocycles. The maximum absolute atomic E-state index is 5.76. The number of hydrogen-bond donors (Lipinski definition) is 1. The van der Waals surface area contributed by atoms with E-state index in [2.05, 4.69) is 22.1 Å². The summed E-state index contributed by atoms with van der Waals surface area (Å²) in [7, 11) is 3.51. The zero-order valence-corrected chi connectivity index (χ0v) is 10.5. The molecule has 0 unspecified atom stereocenters. The van der Waals surface area contributed by atoms with Crippen molar-refractivity contribution in [3.63, 3.8) is 0 Å². The van der Waals surface area contributed by atoms with Gasteiger partial charge in [0.2, 0.25) is 5.75 Å². The van der Waals surface area contributed by atoms with Crippen molar-refractivity contribution in [3.05, 3.63) is 42.2 Å². The first-order valence-corrected chi connectivity index (χ1v) is 5.62. The van der Waals surface area contributed by atoms with Crippen molar-refractivity contribution in [2.45, 2.75) is 6.54 Å². The van der Waals surface area contributed by atoms with E-state index in [1.165, 1.54) is 11.9 Å². The Bertz CT molecular complexity index is 516. The van der Waals surface area contributed by atoms with E-state index in [0.29, 0.717) is 17.4 Å². The van der Waals surface area contributed by atoms with Crippen LogP contribution in [0.25, 0.3) is 0 Å². The molecule has 1 heterocycles. The maximum Gasteiger partial charge on any atom is 0.204 e. The number of nitrogens with zero attached hydrogens (tertiary/aromatic N) is 3. The third-order valence-electron chi connectivity index (χ3n) is 2.64. The van der Waals surface area contributed by atoms with Gasteiger partial charge in [0.25, 0.3) is 0 Å². The highest BCUT2D eigenvalue weighted by atomic mass is 16.5. The average Bonchev–Trinajstić information content (AvgIpc) is 2.39. The highest BCUT2D eigenvalue weighted by molar-refractivity contribution is 5.62. The Morgan fingerprint density at radius 3 is 2.61 bits per heavy atom. The van der Waals surface area contributed by atoms with Crippen LogP contribution in [0.1, 0.15) is 5.56 Å². The highest BCUT2D eigenvalue weighted by Crippen LogP contribution is 2.29. The number of nitrogens with two attached hydrogens (primary N) is 1. The molecule has 0 aliphatic rings. The summed E-state index contributed by atoms with van der Waals surface area (Å²) in [6.07, 6.45) is 1.44. The van der Waals surface area contributed by atoms with E-state index in [1.807, 2.05) is 30.1 Å². The number of rotatable bonds is 4. The van der Waals surface area contributed by atoms with Crippen molar-refractivity contribution in [1.29, 1.82) is 0 Å². The number of nitrogen functional groups attached to an aromatic ring is 1. The lowest BCUT2D eigenvalue weighted by atomic mass is 10.2. The number of anilines is 2. The van der Waals surface area contributed by atoms with Crippen LogP contribution in [0.5, 0.6) is 5.75 Å². The zero-order valence-electron chi connectivity index (χ0n) is 10.5. The fourth-order valence-electron chi connectivity index (χ4n) is 1.78. The van der Waals surface area contributed by atoms with Crippen molar-refractivity contribution in [3.8, 4) is 5.75 Å². The van der Waals surface area contributed by atoms with Crippen molar-refractivity contribution in [1.82, 2.24) is 9.97 Å². The molecular formula is C13H16N4O. The summed E-state index contributed by atoms with van der Waals surface area (Å²) in [4.78, 5) is 10.1. The Kier molecular flexibility index (Phi) is 3.62. The first-order valence-electron chi connectivity index (χ1n) is 5.62. The Balaban J connectivity index is 2.24. The maximum atomic E-state index is 5.76. The second-order valence-electron chi connectivity index (χ2n) is 3.96. The van der Waals surface area contributed by atoms with E-state index in [-0.39, 0.29) is 0 Å². The lowest BCUT2D eigenvalue weighted by Gasteiger charge is -2.20. The molecule has 0 aliphatic carbocycles. The predicted octanol–water partition coefficient (Wildman–Crippen LogP) is 1.70. The van der Waals surface area contributed by atoms with Gasteiger partial charge in [-0.15, -0.1) is 0 Å². The molecule has 5 heteroatoms. The van der Waals surface area contributed by atoms with E-state index >= 15 is 0 Å². The molecule has 0 bridgehead atoms. The van der Waals surface area contributed by atoms with Gasteiger partial charge in [-0.1, -0.05) is 30.3 Å². The monoisotopic (exact) mass is 244 g/mol. The van der Waals surface area contributed by atoms with Gasteiger partial charge in [0.05, 0.1) is 7.11 Å². The van der Waals surface area contributed by atoms with E-state index in [0.717, 1.165) is 6.54 Å². The average molecular weight is 244 g/mol. The third-order valence-corrected chi connectivity index (χ3v) is 2.64. The van der Waals surface area contributed by atoms with Gasteiger partial charge in [0, 0.05) is 13.6 Å². The summed E-state index contributed by atoms with van der Waals surface area (Å²) in [6, 6.07) is 10.1. The molecule has 0 saturated heterocycles. The molecule has 0 radical (unpaired) electrons. The van der Waals surface area contributed by atoms with Crippen molar-refractivity contribution >= 4 is 11.6 Å². The third kappa shape index (κ3) is 2.51. The summed E-state index contributed by atoms with van der Waals surface area (Å²) in [5.74, 6) is 1.55. The van der Waals surface area contributed by atoms with Crippen molar-refractivity contribution < 1.29 is 4.74 Å². The minimum Gasteiger partial charge on any atom is -0.490 e. The van der Waals surface area contributed by atoms with Crippen molar-refractivity contribution in [2.75, 3.05) is 24.8 Å². The van der Waals surface area contributed by atoms with Crippen LogP contribution in [0.4, 0.5) is 11.6 Å². The van der Waals surface area contributed by atoms with Gasteiger partial charge in [0.1, 0.15) is 6.33 Å². The molecule has 0 amide bonds. The number of aromatic nitrogens is 2. The molecule has 5 nitrogen and oxygen atoms in total. The van der Waals surface area contributed by atoms with Crippen molar-refractivity contribution in [2.24, 2.45) is 0 Å². The molecule has 0 fully saturated rings. The molecule has 0 spiro atoms. The molecule has 0 saturated carbocycles. The van der Waals surface area contributed by atoms with Crippen LogP contribution in [0, 0.1) is 0 Å². The van der Waals surface area contributed by atoms with Gasteiger partial charge in [-0.2, -0.15) is 0 Å². The van der Waals surface area contributed by atoms with Crippen LogP contribution in [0.2, 0.25) is 0 Å². The molecule has 2 aromatic rings. The van der Waals surface area contributed by atoms with E-state index < -0.39 is 0 Å². The number of benzene rings is 1. The summed E-state index contributed by atoms with van der Waals surface area (Å²) >= 11 is 0. The second-order valence-corrected chi connectivity index (χ2v) is 3.96. The first kappa shape index (κ1) is 12.2. The fourth-order valence-corrected chi connectivity index (χ4v) is 1.78. The minimum atomic E-state index is 0.349. The van der Waals surface area contributed by atoms with E-state index in [4.69, 9.17) is 10.5 Å². The zero-order chi connectivity index (χ0) is 13.0. The number of methoxy groups -OCH3 is 1. The van der Waals surface area contributed by atoms with Crippen LogP contribution >= 0.6 is 0 Å². The molecule has 18 heavy (non-hydrogen) atoms. The SMILES string of the molecule is COc1c(N)ncnc1N(C)Cc1ccccc1. The van der Waals surface area contributed by atoms with Crippen LogP contribution < -0.4 is 15.4 Å². The smallest absolute Gasteiger partial charge is 0.204 e. The van der Waals surface area contributed by atoms with Crippen LogP contribution in [0.15, 0.2) is 36.7 Å². The van der Waals surface area contributed by atoms with Gasteiger partial charge >= 0.3 is 0 Å². The number of ether oxygens (including phenoxy) is 1. The van der Waals surface area contributed by atoms with Gasteiger partial charge < -0.3 is 15.4 Å². The Morgan fingerprint density at radius 2 is 1.94 bits per heavy atom. The Morgan fingerprint density at radius 1 is 1.22 bits per heavy atom. The lowest BCUT2D eigenvalue weighted by molar-refractivity contribution is 0.413. The summed E-state index contributed by atoms with van der Waals surface area (Å²) < 4.78 is 5.24. The molecule has 0 aliphatic heterocycles. The molecule has 94 valence electrons.